The highest BCUT2D eigenvalue weighted by atomic mass is 17.1. The molecule has 0 radical (unpaired) electrons. The average Bonchev–Trinajstić information content (AvgIpc) is 2.58. The van der Waals surface area contributed by atoms with Gasteiger partial charge in [-0.2, -0.15) is 0 Å². The fourth-order valence-corrected chi connectivity index (χ4v) is 3.34. The van der Waals surface area contributed by atoms with Crippen LogP contribution in [0.4, 0.5) is 0 Å². The molecule has 0 unspecified atom stereocenters. The lowest BCUT2D eigenvalue weighted by Crippen LogP contribution is -2.40. The number of carbonyl (C=O) groups excluding carboxylic acids is 1. The van der Waals surface area contributed by atoms with Gasteiger partial charge in [0, 0.05) is 12.1 Å². The van der Waals surface area contributed by atoms with Gasteiger partial charge in [-0.1, -0.05) is 31.4 Å². The highest BCUT2D eigenvalue weighted by Crippen LogP contribution is 2.38. The quantitative estimate of drug-likeness (QED) is 0.530. The Morgan fingerprint density at radius 2 is 1.92 bits per heavy atom. The van der Waals surface area contributed by atoms with Crippen molar-refractivity contribution < 1.29 is 29.9 Å². The van der Waals surface area contributed by atoms with Crippen LogP contribution in [-0.2, 0) is 16.2 Å². The fraction of sp³-hybridized carbons (Fsp3) is 0.529. The van der Waals surface area contributed by atoms with Crippen LogP contribution in [-0.4, -0.2) is 39.3 Å². The number of nitrogens with zero attached hydrogens (tertiary/aromatic N) is 1. The molecule has 8 heteroatoms. The number of aliphatic carboxylic acids is 1. The zero-order valence-electron chi connectivity index (χ0n) is 14.0. The van der Waals surface area contributed by atoms with Crippen LogP contribution < -0.4 is 5.32 Å². The minimum atomic E-state index is -0.840. The summed E-state index contributed by atoms with van der Waals surface area (Å²) in [6.07, 6.45) is 4.73. The van der Waals surface area contributed by atoms with Gasteiger partial charge in [-0.3, -0.25) is 20.0 Å². The molecule has 138 valence electrons. The maximum atomic E-state index is 12.4. The summed E-state index contributed by atoms with van der Waals surface area (Å²) in [5.41, 5.74) is 0.623. The molecule has 1 fully saturated rings. The molecule has 0 aliphatic heterocycles. The van der Waals surface area contributed by atoms with Crippen molar-refractivity contribution in [1.82, 2.24) is 10.7 Å². The molecule has 4 N–H and O–H groups in total. The number of nitrogens with one attached hydrogen (secondary N) is 1. The molecule has 1 aliphatic carbocycles. The van der Waals surface area contributed by atoms with Gasteiger partial charge in [0.1, 0.15) is 0 Å². The van der Waals surface area contributed by atoms with Crippen molar-refractivity contribution in [2.45, 2.75) is 45.1 Å². The second kappa shape index (κ2) is 8.91. The van der Waals surface area contributed by atoms with E-state index >= 15 is 0 Å². The summed E-state index contributed by atoms with van der Waals surface area (Å²) < 4.78 is 0. The minimum absolute atomic E-state index is 0.0595. The van der Waals surface area contributed by atoms with Gasteiger partial charge in [0.2, 0.25) is 0 Å². The Balaban J connectivity index is 1.98. The molecule has 0 atom stereocenters. The van der Waals surface area contributed by atoms with E-state index < -0.39 is 5.97 Å². The van der Waals surface area contributed by atoms with Crippen molar-refractivity contribution >= 4 is 11.9 Å². The largest absolute Gasteiger partial charge is 0.481 e. The highest BCUT2D eigenvalue weighted by molar-refractivity contribution is 5.94. The molecule has 0 spiro atoms. The zero-order valence-corrected chi connectivity index (χ0v) is 14.0. The Morgan fingerprint density at radius 3 is 2.56 bits per heavy atom. The molecule has 1 aromatic rings. The lowest BCUT2D eigenvalue weighted by Gasteiger charge is -2.36. The molecule has 2 rings (SSSR count). The number of rotatable bonds is 8. The molecular weight excluding hydrogens is 328 g/mol. The molecule has 8 nitrogen and oxygen atoms in total. The van der Waals surface area contributed by atoms with Crippen LogP contribution in [0.2, 0.25) is 0 Å². The predicted octanol–water partition coefficient (Wildman–Crippen LogP) is 2.35. The van der Waals surface area contributed by atoms with Crippen molar-refractivity contribution in [3.05, 3.63) is 35.4 Å². The van der Waals surface area contributed by atoms with Crippen LogP contribution in [0.3, 0.4) is 0 Å². The number of carbonyl (C=O) groups is 2. The molecule has 0 heterocycles. The first-order chi connectivity index (χ1) is 11.9. The maximum Gasteiger partial charge on any atom is 0.303 e. The predicted molar refractivity (Wildman–Crippen MR) is 86.7 cm³/mol. The molecule has 25 heavy (non-hydrogen) atoms. The summed E-state index contributed by atoms with van der Waals surface area (Å²) in [4.78, 5) is 28.1. The van der Waals surface area contributed by atoms with Gasteiger partial charge < -0.3 is 10.4 Å². The van der Waals surface area contributed by atoms with Crippen molar-refractivity contribution in [1.29, 1.82) is 0 Å². The number of hydrogen-bond acceptors (Lipinski definition) is 6. The van der Waals surface area contributed by atoms with Gasteiger partial charge in [-0.25, -0.2) is 4.84 Å². The fourth-order valence-electron chi connectivity index (χ4n) is 3.34. The molecule has 1 saturated carbocycles. The van der Waals surface area contributed by atoms with Crippen molar-refractivity contribution in [3.8, 4) is 0 Å². The SMILES string of the molecule is O=C(O)CC1(CNC(=O)c2cccc(CON(O)O)c2)CCCCC1. The number of hydrogen-bond donors (Lipinski definition) is 4. The lowest BCUT2D eigenvalue weighted by atomic mass is 9.71. The van der Waals surface area contributed by atoms with Crippen molar-refractivity contribution in [2.24, 2.45) is 5.41 Å². The molecule has 1 amide bonds. The van der Waals surface area contributed by atoms with Crippen LogP contribution in [0.5, 0.6) is 0 Å². The standard InChI is InChI=1S/C17H24N2O6/c20-15(21)10-17(7-2-1-3-8-17)12-18-16(22)14-6-4-5-13(9-14)11-25-19(23)24/h4-6,9,23-24H,1-3,7-8,10-12H2,(H,18,22)(H,20,21). The third kappa shape index (κ3) is 6.09. The summed E-state index contributed by atoms with van der Waals surface area (Å²) in [6, 6.07) is 6.58. The van der Waals surface area contributed by atoms with Gasteiger partial charge in [0.05, 0.1) is 18.4 Å². The van der Waals surface area contributed by atoms with Gasteiger partial charge in [-0.05, 0) is 36.0 Å². The van der Waals surface area contributed by atoms with Crippen LogP contribution >= 0.6 is 0 Å². The van der Waals surface area contributed by atoms with Gasteiger partial charge in [0.25, 0.3) is 5.91 Å². The first-order valence-corrected chi connectivity index (χ1v) is 8.30. The summed E-state index contributed by atoms with van der Waals surface area (Å²) in [7, 11) is 0. The van der Waals surface area contributed by atoms with Crippen molar-refractivity contribution in [3.63, 3.8) is 0 Å². The van der Waals surface area contributed by atoms with E-state index in [4.69, 9.17) is 10.4 Å². The first kappa shape index (κ1) is 19.3. The third-order valence-electron chi connectivity index (χ3n) is 4.60. The van der Waals surface area contributed by atoms with E-state index in [1.165, 1.54) is 0 Å². The Kier molecular flexibility index (Phi) is 6.89. The van der Waals surface area contributed by atoms with Gasteiger partial charge in [-0.15, -0.1) is 0 Å². The average molecular weight is 352 g/mol. The molecule has 1 aromatic carbocycles. The second-order valence-electron chi connectivity index (χ2n) is 6.54. The van der Waals surface area contributed by atoms with Crippen LogP contribution in [0.15, 0.2) is 24.3 Å². The summed E-state index contributed by atoms with van der Waals surface area (Å²) in [5, 5.41) is 28.8. The molecule has 0 aromatic heterocycles. The normalized spacial score (nSPS) is 16.6. The van der Waals surface area contributed by atoms with E-state index in [9.17, 15) is 14.7 Å². The van der Waals surface area contributed by atoms with E-state index in [1.807, 2.05) is 0 Å². The Hall–Kier alpha value is -2.00. The van der Waals surface area contributed by atoms with Crippen LogP contribution in [0.25, 0.3) is 0 Å². The third-order valence-corrected chi connectivity index (χ3v) is 4.60. The summed E-state index contributed by atoms with van der Waals surface area (Å²) in [5.74, 6) is -1.13. The molecule has 1 aliphatic rings. The van der Waals surface area contributed by atoms with E-state index in [0.29, 0.717) is 17.7 Å². The van der Waals surface area contributed by atoms with E-state index in [1.54, 1.807) is 24.3 Å². The van der Waals surface area contributed by atoms with Crippen LogP contribution in [0, 0.1) is 5.41 Å². The van der Waals surface area contributed by atoms with Gasteiger partial charge >= 0.3 is 5.97 Å². The lowest BCUT2D eigenvalue weighted by molar-refractivity contribution is -0.497. The smallest absolute Gasteiger partial charge is 0.303 e. The number of carboxylic acid groups (broad SMARTS) is 1. The molecule has 0 bridgehead atoms. The Bertz CT molecular complexity index is 599. The van der Waals surface area contributed by atoms with Crippen LogP contribution in [0.1, 0.15) is 54.4 Å². The van der Waals surface area contributed by atoms with E-state index in [-0.39, 0.29) is 29.7 Å². The topological polar surface area (TPSA) is 119 Å². The maximum absolute atomic E-state index is 12.4. The molecular formula is C17H24N2O6. The van der Waals surface area contributed by atoms with E-state index in [2.05, 4.69) is 10.2 Å². The summed E-state index contributed by atoms with van der Waals surface area (Å²) >= 11 is 0. The zero-order chi connectivity index (χ0) is 18.3. The van der Waals surface area contributed by atoms with E-state index in [0.717, 1.165) is 32.1 Å². The second-order valence-corrected chi connectivity index (χ2v) is 6.54. The number of amides is 1. The number of carboxylic acids is 1. The van der Waals surface area contributed by atoms with Gasteiger partial charge in [0.15, 0.2) is 0 Å². The Labute approximate surface area is 145 Å². The number of benzene rings is 1. The summed E-state index contributed by atoms with van der Waals surface area (Å²) in [6.45, 7) is 0.233. The van der Waals surface area contributed by atoms with Crippen molar-refractivity contribution in [2.75, 3.05) is 6.54 Å². The highest BCUT2D eigenvalue weighted by Gasteiger charge is 2.34. The Morgan fingerprint density at radius 1 is 1.20 bits per heavy atom. The first-order valence-electron chi connectivity index (χ1n) is 8.30. The minimum Gasteiger partial charge on any atom is -0.481 e. The molecule has 0 saturated heterocycles. The monoisotopic (exact) mass is 352 g/mol.